The Morgan fingerprint density at radius 3 is 2.54 bits per heavy atom. The molecule has 0 aliphatic rings. The van der Waals surface area contributed by atoms with Crippen LogP contribution in [0.4, 0.5) is 0 Å². The molecule has 0 saturated heterocycles. The van der Waals surface area contributed by atoms with Crippen molar-refractivity contribution in [2.75, 3.05) is 6.61 Å². The molecule has 0 amide bonds. The van der Waals surface area contributed by atoms with Crippen molar-refractivity contribution in [2.24, 2.45) is 0 Å². The first-order chi connectivity index (χ1) is 13.7. The van der Waals surface area contributed by atoms with Gasteiger partial charge >= 0.3 is 5.97 Å². The first-order valence-corrected chi connectivity index (χ1v) is 9.58. The summed E-state index contributed by atoms with van der Waals surface area (Å²) in [5.74, 6) is -0.662. The largest absolute Gasteiger partial charge is 0.462 e. The molecule has 2 aromatic carbocycles. The lowest BCUT2D eigenvalue weighted by Gasteiger charge is -2.05. The smallest absolute Gasteiger partial charge is 0.345 e. The molecule has 0 atom stereocenters. The van der Waals surface area contributed by atoms with Gasteiger partial charge < -0.3 is 9.72 Å². The minimum absolute atomic E-state index is 0.0707. The molecule has 0 bridgehead atoms. The summed E-state index contributed by atoms with van der Waals surface area (Å²) < 4.78 is 6.39. The highest BCUT2D eigenvalue weighted by atomic mass is 32.2. The molecule has 2 aromatic heterocycles. The SMILES string of the molecule is CCOC(=O)c1cn2ncc(-c3ccc(Sc4ccccc4)cc3)c2[nH]c1=O. The van der Waals surface area contributed by atoms with Crippen LogP contribution in [0.15, 0.2) is 81.6 Å². The van der Waals surface area contributed by atoms with Crippen molar-refractivity contribution in [3.05, 3.63) is 82.9 Å². The molecule has 6 nitrogen and oxygen atoms in total. The van der Waals surface area contributed by atoms with Gasteiger partial charge in [0.25, 0.3) is 5.56 Å². The van der Waals surface area contributed by atoms with E-state index in [1.54, 1.807) is 24.9 Å². The van der Waals surface area contributed by atoms with E-state index in [9.17, 15) is 9.59 Å². The number of rotatable bonds is 5. The number of ether oxygens (including phenoxy) is 1. The van der Waals surface area contributed by atoms with Gasteiger partial charge in [-0.25, -0.2) is 9.31 Å². The molecular weight excluding hydrogens is 374 g/mol. The lowest BCUT2D eigenvalue weighted by Crippen LogP contribution is -2.21. The lowest BCUT2D eigenvalue weighted by molar-refractivity contribution is 0.0523. The number of nitrogens with one attached hydrogen (secondary N) is 1. The Labute approximate surface area is 165 Å². The Morgan fingerprint density at radius 1 is 1.11 bits per heavy atom. The topological polar surface area (TPSA) is 76.5 Å². The number of aromatic nitrogens is 3. The van der Waals surface area contributed by atoms with Crippen LogP contribution in [0.5, 0.6) is 0 Å². The zero-order valence-electron chi connectivity index (χ0n) is 15.1. The van der Waals surface area contributed by atoms with Gasteiger partial charge in [0.05, 0.1) is 19.0 Å². The Kier molecular flexibility index (Phi) is 4.99. The first kappa shape index (κ1) is 18.1. The molecule has 0 saturated carbocycles. The maximum Gasteiger partial charge on any atom is 0.345 e. The van der Waals surface area contributed by atoms with E-state index in [1.807, 2.05) is 42.5 Å². The molecule has 1 N–H and O–H groups in total. The summed E-state index contributed by atoms with van der Waals surface area (Å²) in [6.07, 6.45) is 3.06. The van der Waals surface area contributed by atoms with Crippen LogP contribution in [0.2, 0.25) is 0 Å². The molecule has 28 heavy (non-hydrogen) atoms. The second-order valence-corrected chi connectivity index (χ2v) is 7.16. The van der Waals surface area contributed by atoms with E-state index < -0.39 is 11.5 Å². The third-order valence-corrected chi connectivity index (χ3v) is 5.18. The molecule has 4 rings (SSSR count). The normalized spacial score (nSPS) is 10.9. The fraction of sp³-hybridized carbons (Fsp3) is 0.0952. The van der Waals surface area contributed by atoms with Crippen molar-refractivity contribution in [3.8, 4) is 11.1 Å². The Bertz CT molecular complexity index is 1180. The van der Waals surface area contributed by atoms with Crippen LogP contribution in [-0.2, 0) is 4.74 Å². The number of carbonyl (C=O) groups is 1. The third-order valence-electron chi connectivity index (χ3n) is 4.16. The number of H-pyrrole nitrogens is 1. The van der Waals surface area contributed by atoms with Crippen molar-refractivity contribution in [3.63, 3.8) is 0 Å². The Balaban J connectivity index is 1.65. The number of benzene rings is 2. The van der Waals surface area contributed by atoms with Gasteiger partial charge in [0, 0.05) is 15.4 Å². The summed E-state index contributed by atoms with van der Waals surface area (Å²) in [7, 11) is 0. The summed E-state index contributed by atoms with van der Waals surface area (Å²) in [4.78, 5) is 29.2. The summed E-state index contributed by atoms with van der Waals surface area (Å²) in [6, 6.07) is 18.2. The third kappa shape index (κ3) is 3.57. The summed E-state index contributed by atoms with van der Waals surface area (Å²) in [5.41, 5.74) is 1.67. The van der Waals surface area contributed by atoms with Gasteiger partial charge in [0.15, 0.2) is 0 Å². The van der Waals surface area contributed by atoms with Crippen LogP contribution in [0.25, 0.3) is 16.8 Å². The number of hydrogen-bond acceptors (Lipinski definition) is 5. The van der Waals surface area contributed by atoms with Gasteiger partial charge in [0.2, 0.25) is 0 Å². The highest BCUT2D eigenvalue weighted by Crippen LogP contribution is 2.30. The van der Waals surface area contributed by atoms with Crippen LogP contribution >= 0.6 is 11.8 Å². The van der Waals surface area contributed by atoms with Crippen molar-refractivity contribution >= 4 is 23.4 Å². The van der Waals surface area contributed by atoms with E-state index >= 15 is 0 Å². The quantitative estimate of drug-likeness (QED) is 0.520. The molecule has 140 valence electrons. The van der Waals surface area contributed by atoms with Crippen molar-refractivity contribution < 1.29 is 9.53 Å². The van der Waals surface area contributed by atoms with Gasteiger partial charge in [-0.05, 0) is 36.8 Å². The Morgan fingerprint density at radius 2 is 1.82 bits per heavy atom. The number of fused-ring (bicyclic) bond motifs is 1. The van der Waals surface area contributed by atoms with Crippen molar-refractivity contribution in [1.82, 2.24) is 14.6 Å². The molecule has 0 aliphatic heterocycles. The van der Waals surface area contributed by atoms with Crippen molar-refractivity contribution in [2.45, 2.75) is 16.7 Å². The summed E-state index contributed by atoms with van der Waals surface area (Å²) in [5, 5.41) is 4.26. The second kappa shape index (κ2) is 7.74. The van der Waals surface area contributed by atoms with E-state index in [-0.39, 0.29) is 12.2 Å². The predicted molar refractivity (Wildman–Crippen MR) is 108 cm³/mol. The molecule has 0 aliphatic carbocycles. The van der Waals surface area contributed by atoms with Crippen LogP contribution in [0, 0.1) is 0 Å². The maximum absolute atomic E-state index is 12.3. The average Bonchev–Trinajstić information content (AvgIpc) is 3.11. The molecule has 0 fully saturated rings. The highest BCUT2D eigenvalue weighted by Gasteiger charge is 2.16. The minimum Gasteiger partial charge on any atom is -0.462 e. The van der Waals surface area contributed by atoms with Gasteiger partial charge in [-0.1, -0.05) is 42.1 Å². The molecule has 7 heteroatoms. The molecule has 2 heterocycles. The molecule has 4 aromatic rings. The van der Waals surface area contributed by atoms with Crippen LogP contribution in [0.3, 0.4) is 0 Å². The highest BCUT2D eigenvalue weighted by molar-refractivity contribution is 7.99. The minimum atomic E-state index is -0.662. The van der Waals surface area contributed by atoms with E-state index in [0.717, 1.165) is 16.0 Å². The number of nitrogens with zero attached hydrogens (tertiary/aromatic N) is 2. The predicted octanol–water partition coefficient (Wildman–Crippen LogP) is 4.02. The van der Waals surface area contributed by atoms with Crippen LogP contribution in [0.1, 0.15) is 17.3 Å². The van der Waals surface area contributed by atoms with Gasteiger partial charge in [0.1, 0.15) is 11.2 Å². The Hall–Kier alpha value is -3.32. The van der Waals surface area contributed by atoms with Gasteiger partial charge in [-0.2, -0.15) is 5.10 Å². The standard InChI is InChI=1S/C21H17N3O3S/c1-2-27-21(26)18-13-24-19(23-20(18)25)17(12-22-24)14-8-10-16(11-9-14)28-15-6-4-3-5-7-15/h3-13H,2H2,1H3,(H,23,25). The van der Waals surface area contributed by atoms with Crippen molar-refractivity contribution in [1.29, 1.82) is 0 Å². The van der Waals surface area contributed by atoms with E-state index in [4.69, 9.17) is 4.74 Å². The van der Waals surface area contributed by atoms with Gasteiger partial charge in [-0.15, -0.1) is 0 Å². The molecular formula is C21H17N3O3S. The molecule has 0 radical (unpaired) electrons. The second-order valence-electron chi connectivity index (χ2n) is 6.01. The van der Waals surface area contributed by atoms with E-state index in [0.29, 0.717) is 5.65 Å². The number of carbonyl (C=O) groups excluding carboxylic acids is 1. The number of aromatic amines is 1. The monoisotopic (exact) mass is 391 g/mol. The summed E-state index contributed by atoms with van der Waals surface area (Å²) in [6.45, 7) is 1.89. The number of esters is 1. The lowest BCUT2D eigenvalue weighted by atomic mass is 10.1. The fourth-order valence-corrected chi connectivity index (χ4v) is 3.67. The van der Waals surface area contributed by atoms with E-state index in [1.165, 1.54) is 15.6 Å². The van der Waals surface area contributed by atoms with Crippen LogP contribution in [-0.4, -0.2) is 27.2 Å². The zero-order chi connectivity index (χ0) is 19.5. The average molecular weight is 391 g/mol. The fourth-order valence-electron chi connectivity index (χ4n) is 2.83. The van der Waals surface area contributed by atoms with E-state index in [2.05, 4.69) is 22.2 Å². The molecule has 0 spiro atoms. The van der Waals surface area contributed by atoms with Gasteiger partial charge in [-0.3, -0.25) is 4.79 Å². The zero-order valence-corrected chi connectivity index (χ0v) is 15.9. The molecule has 0 unspecified atom stereocenters. The summed E-state index contributed by atoms with van der Waals surface area (Å²) >= 11 is 1.68. The number of hydrogen-bond donors (Lipinski definition) is 1. The van der Waals surface area contributed by atoms with Crippen LogP contribution < -0.4 is 5.56 Å². The maximum atomic E-state index is 12.3. The first-order valence-electron chi connectivity index (χ1n) is 8.77.